The van der Waals surface area contributed by atoms with Gasteiger partial charge in [0.25, 0.3) is 5.91 Å². The van der Waals surface area contributed by atoms with Crippen molar-refractivity contribution in [2.45, 2.75) is 6.17 Å². The fraction of sp³-hybridized carbons (Fsp3) is 0.150. The summed E-state index contributed by atoms with van der Waals surface area (Å²) in [7, 11) is 1.53. The van der Waals surface area contributed by atoms with Crippen molar-refractivity contribution in [2.75, 3.05) is 23.9 Å². The van der Waals surface area contributed by atoms with Crippen molar-refractivity contribution >= 4 is 45.2 Å². The Balaban J connectivity index is 1.43. The minimum atomic E-state index is -0.921. The van der Waals surface area contributed by atoms with Crippen LogP contribution in [0.2, 0.25) is 0 Å². The molecule has 1 fully saturated rings. The van der Waals surface area contributed by atoms with Gasteiger partial charge in [0.05, 0.1) is 7.11 Å². The second-order valence-corrected chi connectivity index (χ2v) is 7.49. The number of urea groups is 1. The van der Waals surface area contributed by atoms with Gasteiger partial charge in [0.15, 0.2) is 6.17 Å². The minimum absolute atomic E-state index is 0.261. The van der Waals surface area contributed by atoms with Crippen LogP contribution in [0.1, 0.15) is 0 Å². The predicted molar refractivity (Wildman–Crippen MR) is 113 cm³/mol. The van der Waals surface area contributed by atoms with E-state index in [1.165, 1.54) is 29.3 Å². The number of ether oxygens (including phenoxy) is 1. The molecule has 2 aromatic rings. The number of anilines is 2. The van der Waals surface area contributed by atoms with Crippen LogP contribution in [-0.4, -0.2) is 47.6 Å². The van der Waals surface area contributed by atoms with Gasteiger partial charge in [0.1, 0.15) is 12.3 Å². The van der Waals surface area contributed by atoms with Crippen molar-refractivity contribution in [3.05, 3.63) is 65.4 Å². The van der Waals surface area contributed by atoms with Gasteiger partial charge >= 0.3 is 6.03 Å². The van der Waals surface area contributed by atoms with E-state index in [0.29, 0.717) is 17.1 Å². The summed E-state index contributed by atoms with van der Waals surface area (Å²) in [4.78, 5) is 40.6. The Hall–Kier alpha value is -3.37. The normalized spacial score (nSPS) is 17.9. The van der Waals surface area contributed by atoms with Crippen molar-refractivity contribution in [3.63, 3.8) is 0 Å². The lowest BCUT2D eigenvalue weighted by molar-refractivity contribution is -0.123. The average Bonchev–Trinajstić information content (AvgIpc) is 3.05. The third kappa shape index (κ3) is 3.87. The number of halogens is 1. The molecule has 2 heterocycles. The Bertz CT molecular complexity index is 1030. The van der Waals surface area contributed by atoms with E-state index < -0.39 is 18.1 Å². The maximum absolute atomic E-state index is 12.9. The first-order valence-electron chi connectivity index (χ1n) is 9.03. The Morgan fingerprint density at radius 3 is 2.67 bits per heavy atom. The Kier molecular flexibility index (Phi) is 5.42. The summed E-state index contributed by atoms with van der Waals surface area (Å²) >= 11 is 3.36. The summed E-state index contributed by atoms with van der Waals surface area (Å²) in [5.74, 6) is -0.141. The molecule has 0 radical (unpaired) electrons. The molecule has 10 heteroatoms. The van der Waals surface area contributed by atoms with Crippen molar-refractivity contribution in [2.24, 2.45) is 0 Å². The van der Waals surface area contributed by atoms with Gasteiger partial charge < -0.3 is 10.1 Å². The number of carbonyl (C=O) groups excluding carboxylic acids is 3. The number of carbonyl (C=O) groups is 3. The molecule has 2 N–H and O–H groups in total. The SMILES string of the molecule is COc1cccc(NC(=O)CN2NC3C(=O)N(c4ccc(Br)cc4)C=CN3C2=O)c1. The molecule has 0 aromatic heterocycles. The highest BCUT2D eigenvalue weighted by atomic mass is 79.9. The lowest BCUT2D eigenvalue weighted by Crippen LogP contribution is -2.52. The van der Waals surface area contributed by atoms with E-state index in [4.69, 9.17) is 4.74 Å². The van der Waals surface area contributed by atoms with Gasteiger partial charge in [0, 0.05) is 34.3 Å². The molecule has 0 bridgehead atoms. The molecule has 2 aliphatic heterocycles. The Labute approximate surface area is 181 Å². The lowest BCUT2D eigenvalue weighted by Gasteiger charge is -2.29. The van der Waals surface area contributed by atoms with Gasteiger partial charge in [-0.25, -0.2) is 9.80 Å². The standard InChI is InChI=1S/C20H18BrN5O4/c1-30-16-4-2-3-14(11-16)22-17(27)12-26-20(29)25-10-9-24(19(28)18(25)23-26)15-7-5-13(21)6-8-15/h2-11,18,23H,12H2,1H3,(H,22,27). The van der Waals surface area contributed by atoms with E-state index in [9.17, 15) is 14.4 Å². The first-order chi connectivity index (χ1) is 14.5. The maximum Gasteiger partial charge on any atom is 0.340 e. The molecule has 1 atom stereocenters. The van der Waals surface area contributed by atoms with Crippen LogP contribution in [0.15, 0.2) is 65.4 Å². The molecule has 2 aromatic carbocycles. The molecule has 2 aliphatic rings. The predicted octanol–water partition coefficient (Wildman–Crippen LogP) is 2.48. The van der Waals surface area contributed by atoms with Gasteiger partial charge in [-0.1, -0.05) is 22.0 Å². The maximum atomic E-state index is 12.9. The fourth-order valence-corrected chi connectivity index (χ4v) is 3.42. The summed E-state index contributed by atoms with van der Waals surface area (Å²) in [5.41, 5.74) is 4.03. The monoisotopic (exact) mass is 471 g/mol. The average molecular weight is 472 g/mol. The molecule has 1 unspecified atom stereocenters. The topological polar surface area (TPSA) is 94.2 Å². The van der Waals surface area contributed by atoms with Gasteiger partial charge in [0.2, 0.25) is 5.91 Å². The smallest absolute Gasteiger partial charge is 0.340 e. The molecule has 0 saturated carbocycles. The zero-order valence-corrected chi connectivity index (χ0v) is 17.5. The second kappa shape index (κ2) is 8.17. The van der Waals surface area contributed by atoms with Crippen LogP contribution in [0, 0.1) is 0 Å². The molecular formula is C20H18BrN5O4. The number of hydrazine groups is 1. The van der Waals surface area contributed by atoms with E-state index in [1.807, 2.05) is 12.1 Å². The van der Waals surface area contributed by atoms with Crippen molar-refractivity contribution < 1.29 is 19.1 Å². The second-order valence-electron chi connectivity index (χ2n) is 6.57. The number of nitrogens with zero attached hydrogens (tertiary/aromatic N) is 3. The summed E-state index contributed by atoms with van der Waals surface area (Å²) < 4.78 is 6.02. The van der Waals surface area contributed by atoms with Crippen LogP contribution >= 0.6 is 15.9 Å². The van der Waals surface area contributed by atoms with Crippen LogP contribution in [0.5, 0.6) is 5.75 Å². The Morgan fingerprint density at radius 2 is 1.93 bits per heavy atom. The molecule has 30 heavy (non-hydrogen) atoms. The van der Waals surface area contributed by atoms with E-state index in [2.05, 4.69) is 26.7 Å². The highest BCUT2D eigenvalue weighted by molar-refractivity contribution is 9.10. The molecular weight excluding hydrogens is 454 g/mol. The quantitative estimate of drug-likeness (QED) is 0.698. The zero-order valence-electron chi connectivity index (χ0n) is 15.9. The fourth-order valence-electron chi connectivity index (χ4n) is 3.16. The van der Waals surface area contributed by atoms with E-state index in [-0.39, 0.29) is 12.5 Å². The van der Waals surface area contributed by atoms with Gasteiger partial charge in [-0.15, -0.1) is 0 Å². The Morgan fingerprint density at radius 1 is 1.17 bits per heavy atom. The van der Waals surface area contributed by atoms with Crippen molar-refractivity contribution in [1.82, 2.24) is 15.3 Å². The summed E-state index contributed by atoms with van der Waals surface area (Å²) in [6.07, 6.45) is 2.13. The highest BCUT2D eigenvalue weighted by Crippen LogP contribution is 2.25. The molecule has 4 rings (SSSR count). The molecule has 1 saturated heterocycles. The van der Waals surface area contributed by atoms with Crippen molar-refractivity contribution in [3.8, 4) is 5.75 Å². The van der Waals surface area contributed by atoms with Gasteiger partial charge in [-0.3, -0.25) is 19.4 Å². The number of methoxy groups -OCH3 is 1. The number of nitrogens with one attached hydrogen (secondary N) is 2. The number of fused-ring (bicyclic) bond motifs is 1. The van der Waals surface area contributed by atoms with Crippen LogP contribution in [0.4, 0.5) is 16.2 Å². The van der Waals surface area contributed by atoms with Crippen LogP contribution in [0.25, 0.3) is 0 Å². The lowest BCUT2D eigenvalue weighted by atomic mass is 10.2. The summed E-state index contributed by atoms with van der Waals surface area (Å²) in [6, 6.07) is 13.6. The number of hydrogen-bond acceptors (Lipinski definition) is 5. The molecule has 9 nitrogen and oxygen atoms in total. The molecule has 0 spiro atoms. The van der Waals surface area contributed by atoms with E-state index in [0.717, 1.165) is 9.48 Å². The van der Waals surface area contributed by atoms with Crippen LogP contribution in [-0.2, 0) is 9.59 Å². The number of rotatable bonds is 5. The first kappa shape index (κ1) is 19.9. The number of benzene rings is 2. The third-order valence-corrected chi connectivity index (χ3v) is 5.14. The number of amides is 4. The van der Waals surface area contributed by atoms with Crippen LogP contribution < -0.4 is 20.4 Å². The first-order valence-corrected chi connectivity index (χ1v) is 9.82. The van der Waals surface area contributed by atoms with Crippen molar-refractivity contribution in [1.29, 1.82) is 0 Å². The molecule has 154 valence electrons. The van der Waals surface area contributed by atoms with Gasteiger partial charge in [-0.05, 0) is 36.4 Å². The minimum Gasteiger partial charge on any atom is -0.497 e. The third-order valence-electron chi connectivity index (χ3n) is 4.62. The van der Waals surface area contributed by atoms with Gasteiger partial charge in [-0.2, -0.15) is 5.43 Å². The van der Waals surface area contributed by atoms with E-state index in [1.54, 1.807) is 36.4 Å². The van der Waals surface area contributed by atoms with E-state index >= 15 is 0 Å². The summed E-state index contributed by atoms with van der Waals surface area (Å²) in [6.45, 7) is -0.261. The molecule has 0 aliphatic carbocycles. The summed E-state index contributed by atoms with van der Waals surface area (Å²) in [5, 5.41) is 3.83. The largest absolute Gasteiger partial charge is 0.497 e. The van der Waals surface area contributed by atoms with Crippen LogP contribution in [0.3, 0.4) is 0 Å². The number of hydrogen-bond donors (Lipinski definition) is 2. The highest BCUT2D eigenvalue weighted by Gasteiger charge is 2.44. The zero-order chi connectivity index (χ0) is 21.3. The molecule has 4 amide bonds.